The van der Waals surface area contributed by atoms with E-state index >= 15 is 0 Å². The van der Waals surface area contributed by atoms with E-state index in [1.807, 2.05) is 0 Å². The molecule has 1 saturated carbocycles. The Hall–Kier alpha value is -1.69. The Labute approximate surface area is 117 Å². The van der Waals surface area contributed by atoms with E-state index in [1.165, 1.54) is 24.3 Å². The van der Waals surface area contributed by atoms with E-state index in [0.717, 1.165) is 6.08 Å². The number of esters is 1. The van der Waals surface area contributed by atoms with E-state index in [1.54, 1.807) is 13.0 Å². The van der Waals surface area contributed by atoms with Crippen LogP contribution in [0, 0.1) is 11.8 Å². The second kappa shape index (κ2) is 5.75. The van der Waals surface area contributed by atoms with Crippen LogP contribution >= 0.6 is 0 Å². The minimum absolute atomic E-state index is 0.0953. The first-order valence-corrected chi connectivity index (χ1v) is 7.79. The summed E-state index contributed by atoms with van der Waals surface area (Å²) in [4.78, 5) is 11.3. The minimum Gasteiger partial charge on any atom is -0.466 e. The second-order valence-corrected chi connectivity index (χ2v) is 6.41. The molecule has 20 heavy (non-hydrogen) atoms. The first-order chi connectivity index (χ1) is 9.46. The molecule has 2 atom stereocenters. The summed E-state index contributed by atoms with van der Waals surface area (Å²) >= 11 is 0. The van der Waals surface area contributed by atoms with E-state index in [4.69, 9.17) is 4.74 Å². The van der Waals surface area contributed by atoms with Gasteiger partial charge < -0.3 is 4.74 Å². The Morgan fingerprint density at radius 3 is 2.65 bits per heavy atom. The largest absolute Gasteiger partial charge is 0.466 e. The molecule has 0 radical (unpaired) electrons. The summed E-state index contributed by atoms with van der Waals surface area (Å²) in [5, 5.41) is -1.21. The summed E-state index contributed by atoms with van der Waals surface area (Å²) in [6.45, 7) is 1.95. The quantitative estimate of drug-likeness (QED) is 0.784. The van der Waals surface area contributed by atoms with Crippen molar-refractivity contribution in [3.63, 3.8) is 0 Å². The zero-order chi connectivity index (χ0) is 14.8. The summed E-state index contributed by atoms with van der Waals surface area (Å²) < 4.78 is 42.6. The molecule has 0 N–H and O–H groups in total. The Morgan fingerprint density at radius 1 is 1.40 bits per heavy atom. The Morgan fingerprint density at radius 2 is 2.05 bits per heavy atom. The van der Waals surface area contributed by atoms with Gasteiger partial charge in [0, 0.05) is 0 Å². The maximum absolute atomic E-state index is 13.9. The molecule has 6 heteroatoms. The maximum Gasteiger partial charge on any atom is 0.309 e. The number of rotatable bonds is 5. The summed E-state index contributed by atoms with van der Waals surface area (Å²) in [5.74, 6) is -1.22. The van der Waals surface area contributed by atoms with Crippen LogP contribution in [0.15, 0.2) is 46.5 Å². The number of halogens is 1. The number of allylic oxidation sites excluding steroid dienone is 1. The molecule has 1 aliphatic rings. The summed E-state index contributed by atoms with van der Waals surface area (Å²) in [6, 6.07) is 7.37. The molecule has 0 saturated heterocycles. The molecule has 4 nitrogen and oxygen atoms in total. The topological polar surface area (TPSA) is 60.4 Å². The molecule has 1 aromatic carbocycles. The molecule has 0 aliphatic heterocycles. The first-order valence-electron chi connectivity index (χ1n) is 6.31. The standard InChI is InChI=1S/C14H15FO4S/c1-2-19-14(16)12-8-10(12)9-13(15)20(17,18)11-6-4-3-5-7-11/h3-7,9-10,12H,2,8H2,1H3/b13-9-/t10-,12-/m1/s1. The van der Waals surface area contributed by atoms with Crippen molar-refractivity contribution in [2.45, 2.75) is 18.2 Å². The van der Waals surface area contributed by atoms with Crippen LogP contribution in [-0.2, 0) is 19.4 Å². The van der Waals surface area contributed by atoms with E-state index < -0.39 is 32.8 Å². The third-order valence-corrected chi connectivity index (χ3v) is 4.63. The summed E-state index contributed by atoms with van der Waals surface area (Å²) in [6.07, 6.45) is 1.43. The Kier molecular flexibility index (Phi) is 4.23. The molecule has 1 aliphatic carbocycles. The number of carbonyl (C=O) groups excluding carboxylic acids is 1. The molecule has 0 spiro atoms. The van der Waals surface area contributed by atoms with Gasteiger partial charge in [0.2, 0.25) is 15.0 Å². The lowest BCUT2D eigenvalue weighted by molar-refractivity contribution is -0.144. The molecule has 0 amide bonds. The third-order valence-electron chi connectivity index (χ3n) is 3.08. The summed E-state index contributed by atoms with van der Waals surface area (Å²) in [5.41, 5.74) is 0. The second-order valence-electron chi connectivity index (χ2n) is 4.55. The van der Waals surface area contributed by atoms with Gasteiger partial charge in [0.15, 0.2) is 0 Å². The number of ether oxygens (including phenoxy) is 1. The third kappa shape index (κ3) is 3.07. The number of hydrogen-bond acceptors (Lipinski definition) is 4. The highest BCUT2D eigenvalue weighted by atomic mass is 32.2. The van der Waals surface area contributed by atoms with Crippen LogP contribution in [0.4, 0.5) is 4.39 Å². The number of hydrogen-bond donors (Lipinski definition) is 0. The fourth-order valence-corrected chi connectivity index (χ4v) is 2.98. The van der Waals surface area contributed by atoms with Crippen LogP contribution < -0.4 is 0 Å². The van der Waals surface area contributed by atoms with Gasteiger partial charge in [-0.15, -0.1) is 0 Å². The normalized spacial score (nSPS) is 22.4. The van der Waals surface area contributed by atoms with Gasteiger partial charge in [-0.1, -0.05) is 18.2 Å². The van der Waals surface area contributed by atoms with E-state index in [0.29, 0.717) is 6.42 Å². The van der Waals surface area contributed by atoms with Gasteiger partial charge in [-0.3, -0.25) is 4.79 Å². The van der Waals surface area contributed by atoms with Gasteiger partial charge in [-0.05, 0) is 37.5 Å². The SMILES string of the molecule is CCOC(=O)[C@@H]1C[C@@H]1/C=C(/F)S(=O)(=O)c1ccccc1. The summed E-state index contributed by atoms with van der Waals surface area (Å²) in [7, 11) is -4.11. The zero-order valence-electron chi connectivity index (χ0n) is 11.0. The average molecular weight is 298 g/mol. The molecule has 0 aromatic heterocycles. The van der Waals surface area contributed by atoms with Crippen LogP contribution in [-0.4, -0.2) is 21.0 Å². The highest BCUT2D eigenvalue weighted by Crippen LogP contribution is 2.42. The van der Waals surface area contributed by atoms with Crippen molar-refractivity contribution in [1.82, 2.24) is 0 Å². The fraction of sp³-hybridized carbons (Fsp3) is 0.357. The van der Waals surface area contributed by atoms with Crippen LogP contribution in [0.25, 0.3) is 0 Å². The highest BCUT2D eigenvalue weighted by molar-refractivity contribution is 7.95. The van der Waals surface area contributed by atoms with Gasteiger partial charge in [-0.25, -0.2) is 8.42 Å². The lowest BCUT2D eigenvalue weighted by Crippen LogP contribution is -2.07. The molecule has 0 heterocycles. The van der Waals surface area contributed by atoms with E-state index in [2.05, 4.69) is 0 Å². The van der Waals surface area contributed by atoms with Gasteiger partial charge in [0.05, 0.1) is 17.4 Å². The van der Waals surface area contributed by atoms with Gasteiger partial charge >= 0.3 is 5.97 Å². The fourth-order valence-electron chi connectivity index (χ4n) is 1.89. The van der Waals surface area contributed by atoms with Crippen molar-refractivity contribution in [3.05, 3.63) is 41.6 Å². The van der Waals surface area contributed by atoms with Crippen molar-refractivity contribution >= 4 is 15.8 Å². The van der Waals surface area contributed by atoms with Gasteiger partial charge in [-0.2, -0.15) is 4.39 Å². The molecular weight excluding hydrogens is 283 g/mol. The van der Waals surface area contributed by atoms with Crippen LogP contribution in [0.1, 0.15) is 13.3 Å². The molecule has 108 valence electrons. The maximum atomic E-state index is 13.9. The van der Waals surface area contributed by atoms with Gasteiger partial charge in [0.1, 0.15) is 0 Å². The van der Waals surface area contributed by atoms with E-state index in [-0.39, 0.29) is 11.5 Å². The van der Waals surface area contributed by atoms with Crippen molar-refractivity contribution in [2.75, 3.05) is 6.61 Å². The van der Waals surface area contributed by atoms with Crippen LogP contribution in [0.5, 0.6) is 0 Å². The van der Waals surface area contributed by atoms with Crippen molar-refractivity contribution < 1.29 is 22.3 Å². The smallest absolute Gasteiger partial charge is 0.309 e. The van der Waals surface area contributed by atoms with Crippen LogP contribution in [0.2, 0.25) is 0 Å². The Bertz CT molecular complexity index is 622. The van der Waals surface area contributed by atoms with Gasteiger partial charge in [0.25, 0.3) is 0 Å². The molecule has 0 bridgehead atoms. The molecule has 1 aromatic rings. The molecule has 2 rings (SSSR count). The number of sulfone groups is 1. The van der Waals surface area contributed by atoms with Crippen molar-refractivity contribution in [1.29, 1.82) is 0 Å². The average Bonchev–Trinajstić information content (AvgIpc) is 3.19. The molecule has 0 unspecified atom stereocenters. The minimum atomic E-state index is -4.11. The predicted octanol–water partition coefficient (Wildman–Crippen LogP) is 2.47. The monoisotopic (exact) mass is 298 g/mol. The van der Waals surface area contributed by atoms with E-state index in [9.17, 15) is 17.6 Å². The Balaban J connectivity index is 2.11. The lowest BCUT2D eigenvalue weighted by atomic mass is 10.3. The highest BCUT2D eigenvalue weighted by Gasteiger charge is 2.44. The van der Waals surface area contributed by atoms with Crippen molar-refractivity contribution in [3.8, 4) is 0 Å². The predicted molar refractivity (Wildman–Crippen MR) is 71.0 cm³/mol. The zero-order valence-corrected chi connectivity index (χ0v) is 11.8. The van der Waals surface area contributed by atoms with Crippen molar-refractivity contribution in [2.24, 2.45) is 11.8 Å². The lowest BCUT2D eigenvalue weighted by Gasteiger charge is -2.01. The first kappa shape index (κ1) is 14.7. The molecule has 1 fully saturated rings. The number of carbonyl (C=O) groups is 1. The van der Waals surface area contributed by atoms with Crippen LogP contribution in [0.3, 0.4) is 0 Å². The molecular formula is C14H15FO4S. The number of benzene rings is 1.